The van der Waals surface area contributed by atoms with Crippen LogP contribution in [0.2, 0.25) is 0 Å². The number of ether oxygens (including phenoxy) is 1. The van der Waals surface area contributed by atoms with Gasteiger partial charge in [-0.2, -0.15) is 0 Å². The first-order valence-corrected chi connectivity index (χ1v) is 5.49. The molecule has 1 amide bonds. The fourth-order valence-corrected chi connectivity index (χ4v) is 2.05. The van der Waals surface area contributed by atoms with Crippen LogP contribution in [0.3, 0.4) is 0 Å². The molecule has 0 saturated carbocycles. The lowest BCUT2D eigenvalue weighted by atomic mass is 10.1. The van der Waals surface area contributed by atoms with Crippen molar-refractivity contribution >= 4 is 5.91 Å². The molecule has 0 aromatic heterocycles. The summed E-state index contributed by atoms with van der Waals surface area (Å²) >= 11 is 0. The predicted molar refractivity (Wildman–Crippen MR) is 53.0 cm³/mol. The van der Waals surface area contributed by atoms with Crippen molar-refractivity contribution in [1.29, 1.82) is 0 Å². The average Bonchev–Trinajstić information content (AvgIpc) is 2.69. The topological polar surface area (TPSA) is 50.4 Å². The van der Waals surface area contributed by atoms with Crippen molar-refractivity contribution in [3.63, 3.8) is 0 Å². The number of rotatable bonds is 3. The summed E-state index contributed by atoms with van der Waals surface area (Å²) in [6.07, 6.45) is 4.64. The number of amides is 1. The minimum absolute atomic E-state index is 0.00736. The molecule has 2 aliphatic heterocycles. The Morgan fingerprint density at radius 2 is 2.36 bits per heavy atom. The lowest BCUT2D eigenvalue weighted by molar-refractivity contribution is -0.124. The Morgan fingerprint density at radius 1 is 1.43 bits per heavy atom. The van der Waals surface area contributed by atoms with E-state index < -0.39 is 0 Å². The first-order chi connectivity index (χ1) is 6.86. The van der Waals surface area contributed by atoms with Crippen LogP contribution in [0.1, 0.15) is 25.7 Å². The van der Waals surface area contributed by atoms with Crippen molar-refractivity contribution in [3.8, 4) is 0 Å². The molecule has 0 aromatic carbocycles. The van der Waals surface area contributed by atoms with Crippen LogP contribution in [0, 0.1) is 0 Å². The molecule has 2 rings (SSSR count). The highest BCUT2D eigenvalue weighted by Gasteiger charge is 2.23. The maximum atomic E-state index is 11.4. The van der Waals surface area contributed by atoms with E-state index in [1.165, 1.54) is 0 Å². The average molecular weight is 198 g/mol. The molecule has 80 valence electrons. The Bertz CT molecular complexity index is 202. The third-order valence-electron chi connectivity index (χ3n) is 2.90. The fraction of sp³-hybridized carbons (Fsp3) is 0.900. The van der Waals surface area contributed by atoms with Crippen molar-refractivity contribution in [2.45, 2.75) is 37.8 Å². The van der Waals surface area contributed by atoms with Gasteiger partial charge in [0.1, 0.15) is 0 Å². The van der Waals surface area contributed by atoms with E-state index in [1.54, 1.807) is 0 Å². The second-order valence-electron chi connectivity index (χ2n) is 4.03. The van der Waals surface area contributed by atoms with Gasteiger partial charge in [-0.05, 0) is 25.7 Å². The second kappa shape index (κ2) is 4.75. The van der Waals surface area contributed by atoms with E-state index in [2.05, 4.69) is 10.6 Å². The van der Waals surface area contributed by atoms with E-state index >= 15 is 0 Å². The van der Waals surface area contributed by atoms with E-state index in [4.69, 9.17) is 4.74 Å². The smallest absolute Gasteiger partial charge is 0.237 e. The van der Waals surface area contributed by atoms with Crippen molar-refractivity contribution in [2.24, 2.45) is 0 Å². The highest BCUT2D eigenvalue weighted by atomic mass is 16.5. The molecule has 0 aromatic rings. The van der Waals surface area contributed by atoms with Crippen LogP contribution in [-0.4, -0.2) is 37.7 Å². The molecule has 2 saturated heterocycles. The Morgan fingerprint density at radius 3 is 3.07 bits per heavy atom. The van der Waals surface area contributed by atoms with Gasteiger partial charge in [-0.15, -0.1) is 0 Å². The molecule has 2 heterocycles. The Hall–Kier alpha value is -0.610. The zero-order valence-corrected chi connectivity index (χ0v) is 8.42. The molecule has 2 atom stereocenters. The van der Waals surface area contributed by atoms with Crippen LogP contribution in [0.15, 0.2) is 0 Å². The van der Waals surface area contributed by atoms with Gasteiger partial charge in [-0.25, -0.2) is 0 Å². The van der Waals surface area contributed by atoms with Gasteiger partial charge in [-0.1, -0.05) is 0 Å². The van der Waals surface area contributed by atoms with Crippen LogP contribution < -0.4 is 10.6 Å². The molecule has 0 bridgehead atoms. The van der Waals surface area contributed by atoms with Gasteiger partial charge in [0, 0.05) is 19.7 Å². The number of hydrogen-bond donors (Lipinski definition) is 2. The summed E-state index contributed by atoms with van der Waals surface area (Å²) in [6.45, 7) is 2.53. The summed E-state index contributed by atoms with van der Waals surface area (Å²) in [7, 11) is 0. The Kier molecular flexibility index (Phi) is 3.37. The highest BCUT2D eigenvalue weighted by molar-refractivity contribution is 5.82. The van der Waals surface area contributed by atoms with Gasteiger partial charge >= 0.3 is 0 Å². The summed E-state index contributed by atoms with van der Waals surface area (Å²) in [5.74, 6) is 0.147. The van der Waals surface area contributed by atoms with E-state index in [-0.39, 0.29) is 11.9 Å². The molecule has 2 N–H and O–H groups in total. The molecule has 0 radical (unpaired) electrons. The van der Waals surface area contributed by atoms with Gasteiger partial charge in [0.05, 0.1) is 12.1 Å². The zero-order valence-electron chi connectivity index (χ0n) is 8.42. The Balaban J connectivity index is 1.70. The Labute approximate surface area is 84.4 Å². The van der Waals surface area contributed by atoms with Gasteiger partial charge in [0.2, 0.25) is 5.91 Å². The van der Waals surface area contributed by atoms with Crippen molar-refractivity contribution < 1.29 is 9.53 Å². The molecule has 0 spiro atoms. The van der Waals surface area contributed by atoms with E-state index in [1.807, 2.05) is 0 Å². The van der Waals surface area contributed by atoms with Gasteiger partial charge in [0.15, 0.2) is 0 Å². The third kappa shape index (κ3) is 2.45. The molecular formula is C10H18N2O2. The molecule has 0 unspecified atom stereocenters. The summed E-state index contributed by atoms with van der Waals surface area (Å²) in [4.78, 5) is 11.4. The third-order valence-corrected chi connectivity index (χ3v) is 2.90. The SMILES string of the molecule is O=C1NCCC[C@H]1NC[C@H]1CCCO1. The fourth-order valence-electron chi connectivity index (χ4n) is 2.05. The second-order valence-corrected chi connectivity index (χ2v) is 4.03. The van der Waals surface area contributed by atoms with Crippen LogP contribution in [0.5, 0.6) is 0 Å². The molecule has 0 aliphatic carbocycles. The maximum absolute atomic E-state index is 11.4. The van der Waals surface area contributed by atoms with Crippen LogP contribution >= 0.6 is 0 Å². The van der Waals surface area contributed by atoms with Gasteiger partial charge < -0.3 is 15.4 Å². The lowest BCUT2D eigenvalue weighted by Gasteiger charge is -2.24. The minimum atomic E-state index is 0.00736. The molecule has 14 heavy (non-hydrogen) atoms. The molecule has 4 nitrogen and oxygen atoms in total. The van der Waals surface area contributed by atoms with Gasteiger partial charge in [-0.3, -0.25) is 4.79 Å². The molecule has 2 aliphatic rings. The zero-order chi connectivity index (χ0) is 9.80. The molecule has 4 heteroatoms. The van der Waals surface area contributed by atoms with Crippen molar-refractivity contribution in [1.82, 2.24) is 10.6 Å². The normalized spacial score (nSPS) is 33.0. The predicted octanol–water partition coefficient (Wildman–Crippen LogP) is 0.0336. The lowest BCUT2D eigenvalue weighted by Crippen LogP contribution is -2.49. The van der Waals surface area contributed by atoms with Crippen molar-refractivity contribution in [2.75, 3.05) is 19.7 Å². The van der Waals surface area contributed by atoms with Crippen LogP contribution in [0.4, 0.5) is 0 Å². The molecule has 2 fully saturated rings. The molecular weight excluding hydrogens is 180 g/mol. The number of hydrogen-bond acceptors (Lipinski definition) is 3. The van der Waals surface area contributed by atoms with E-state index in [0.29, 0.717) is 6.10 Å². The minimum Gasteiger partial charge on any atom is -0.377 e. The monoisotopic (exact) mass is 198 g/mol. The summed E-state index contributed by atoms with van der Waals surface area (Å²) in [6, 6.07) is 0.00736. The number of piperidine rings is 1. The maximum Gasteiger partial charge on any atom is 0.237 e. The number of carbonyl (C=O) groups is 1. The summed E-state index contributed by atoms with van der Waals surface area (Å²) < 4.78 is 5.49. The van der Waals surface area contributed by atoms with Crippen molar-refractivity contribution in [3.05, 3.63) is 0 Å². The first kappa shape index (κ1) is 9.93. The standard InChI is InChI=1S/C10H18N2O2/c13-10-9(4-1-5-11-10)12-7-8-3-2-6-14-8/h8-9,12H,1-7H2,(H,11,13)/t8-,9-/m1/s1. The van der Waals surface area contributed by atoms with E-state index in [9.17, 15) is 4.79 Å². The summed E-state index contributed by atoms with van der Waals surface area (Å²) in [5, 5.41) is 6.14. The largest absolute Gasteiger partial charge is 0.377 e. The van der Waals surface area contributed by atoms with E-state index in [0.717, 1.165) is 45.4 Å². The number of carbonyl (C=O) groups excluding carboxylic acids is 1. The number of nitrogens with one attached hydrogen (secondary N) is 2. The van der Waals surface area contributed by atoms with Crippen LogP contribution in [0.25, 0.3) is 0 Å². The first-order valence-electron chi connectivity index (χ1n) is 5.49. The van der Waals surface area contributed by atoms with Gasteiger partial charge in [0.25, 0.3) is 0 Å². The van der Waals surface area contributed by atoms with Crippen LogP contribution in [-0.2, 0) is 9.53 Å². The summed E-state index contributed by atoms with van der Waals surface area (Å²) in [5.41, 5.74) is 0. The quantitative estimate of drug-likeness (QED) is 0.673. The highest BCUT2D eigenvalue weighted by Crippen LogP contribution is 2.11.